The molecule has 4 heterocycles. The molecule has 208 valence electrons. The third-order valence-electron chi connectivity index (χ3n) is 6.53. The minimum Gasteiger partial charge on any atom is -0.495 e. The van der Waals surface area contributed by atoms with Crippen molar-refractivity contribution in [3.8, 4) is 22.9 Å². The number of halogens is 4. The Morgan fingerprint density at radius 1 is 1.15 bits per heavy atom. The number of methoxy groups -OCH3 is 2. The van der Waals surface area contributed by atoms with Crippen LogP contribution < -0.4 is 25.0 Å². The van der Waals surface area contributed by atoms with Crippen LogP contribution in [0.4, 0.5) is 20.4 Å². The second-order valence-electron chi connectivity index (χ2n) is 9.20. The molecule has 0 saturated carbocycles. The standard InChI is InChI=1S/C25H26Cl2F2N6O4/c1-4-19(36)32-15-9-39-8-14(15)31-18-5-12-13(7-30-18)33-23(34-24(12)35-10-25(28,29)11-35)20-21(26)16(37-2)6-17(38-3)22(20)27/h4-7,14-15,19,32,36H,1,8-11H2,2-3H3,(H,30,31)/t14-,15+,19?/m1/s1. The Bertz CT molecular complexity index is 1380. The molecule has 0 aliphatic carbocycles. The van der Waals surface area contributed by atoms with Crippen molar-refractivity contribution in [3.63, 3.8) is 0 Å². The lowest BCUT2D eigenvalue weighted by Gasteiger charge is -2.40. The highest BCUT2D eigenvalue weighted by Crippen LogP contribution is 2.46. The van der Waals surface area contributed by atoms with E-state index in [1.165, 1.54) is 37.5 Å². The highest BCUT2D eigenvalue weighted by molar-refractivity contribution is 6.41. The van der Waals surface area contributed by atoms with Crippen LogP contribution in [0.2, 0.25) is 10.0 Å². The van der Waals surface area contributed by atoms with Gasteiger partial charge in [-0.15, -0.1) is 0 Å². The summed E-state index contributed by atoms with van der Waals surface area (Å²) < 4.78 is 44.1. The predicted octanol–water partition coefficient (Wildman–Crippen LogP) is 3.74. The fraction of sp³-hybridized carbons (Fsp3) is 0.400. The number of benzene rings is 1. The fourth-order valence-corrected chi connectivity index (χ4v) is 5.20. The number of nitrogens with one attached hydrogen (secondary N) is 2. The maximum atomic E-state index is 13.9. The molecule has 5 rings (SSSR count). The molecule has 0 spiro atoms. The lowest BCUT2D eigenvalue weighted by Crippen LogP contribution is -2.56. The van der Waals surface area contributed by atoms with E-state index in [1.807, 2.05) is 0 Å². The van der Waals surface area contributed by atoms with Crippen molar-refractivity contribution in [1.29, 1.82) is 0 Å². The van der Waals surface area contributed by atoms with Gasteiger partial charge < -0.3 is 29.5 Å². The van der Waals surface area contributed by atoms with E-state index in [1.54, 1.807) is 6.07 Å². The zero-order valence-electron chi connectivity index (χ0n) is 21.0. The zero-order valence-corrected chi connectivity index (χ0v) is 22.6. The van der Waals surface area contributed by atoms with Gasteiger partial charge in [-0.05, 0) is 12.1 Å². The van der Waals surface area contributed by atoms with Crippen molar-refractivity contribution in [1.82, 2.24) is 20.3 Å². The molecule has 3 N–H and O–H groups in total. The average molecular weight is 583 g/mol. The SMILES string of the molecule is C=CC(O)N[C@H]1COC[C@H]1Nc1cc2c(N3CC(F)(F)C3)nc(-c3c(Cl)c(OC)cc(OC)c3Cl)nc2cn1. The lowest BCUT2D eigenvalue weighted by atomic mass is 10.1. The number of fused-ring (bicyclic) bond motifs is 1. The minimum absolute atomic E-state index is 0.106. The van der Waals surface area contributed by atoms with Crippen LogP contribution in [-0.4, -0.2) is 84.8 Å². The van der Waals surface area contributed by atoms with E-state index in [0.29, 0.717) is 29.9 Å². The van der Waals surface area contributed by atoms with Gasteiger partial charge in [-0.3, -0.25) is 5.32 Å². The van der Waals surface area contributed by atoms with Gasteiger partial charge in [0.1, 0.15) is 29.4 Å². The van der Waals surface area contributed by atoms with Crippen molar-refractivity contribution in [2.45, 2.75) is 24.2 Å². The summed E-state index contributed by atoms with van der Waals surface area (Å²) in [5.41, 5.74) is 0.633. The van der Waals surface area contributed by atoms with Gasteiger partial charge in [-0.1, -0.05) is 29.8 Å². The first-order valence-corrected chi connectivity index (χ1v) is 12.7. The molecule has 0 bridgehead atoms. The molecular formula is C25H26Cl2F2N6O4. The van der Waals surface area contributed by atoms with Crippen LogP contribution in [0.1, 0.15) is 0 Å². The lowest BCUT2D eigenvalue weighted by molar-refractivity contribution is -0.0265. The third-order valence-corrected chi connectivity index (χ3v) is 7.28. The van der Waals surface area contributed by atoms with Crippen molar-refractivity contribution in [3.05, 3.63) is 41.0 Å². The highest BCUT2D eigenvalue weighted by Gasteiger charge is 2.45. The number of hydrogen-bond acceptors (Lipinski definition) is 10. The summed E-state index contributed by atoms with van der Waals surface area (Å²) in [6, 6.07) is 2.80. The number of rotatable bonds is 9. The normalized spacial score (nSPS) is 20.9. The second-order valence-corrected chi connectivity index (χ2v) is 9.95. The van der Waals surface area contributed by atoms with Crippen molar-refractivity contribution in [2.75, 3.05) is 50.7 Å². The fourth-order valence-electron chi connectivity index (χ4n) is 4.53. The topological polar surface area (TPSA) is 114 Å². The number of aliphatic hydroxyl groups excluding tert-OH is 1. The second kappa shape index (κ2) is 10.9. The van der Waals surface area contributed by atoms with E-state index in [0.717, 1.165) is 0 Å². The van der Waals surface area contributed by atoms with Crippen LogP contribution in [0.3, 0.4) is 0 Å². The largest absolute Gasteiger partial charge is 0.495 e. The quantitative estimate of drug-likeness (QED) is 0.254. The minimum atomic E-state index is -2.84. The van der Waals surface area contributed by atoms with Crippen molar-refractivity contribution < 1.29 is 28.1 Å². The van der Waals surface area contributed by atoms with Crippen LogP contribution in [0.5, 0.6) is 11.5 Å². The summed E-state index contributed by atoms with van der Waals surface area (Å²) in [6.45, 7) is 3.30. The summed E-state index contributed by atoms with van der Waals surface area (Å²) in [6.07, 6.45) is 2.00. The molecule has 2 fully saturated rings. The van der Waals surface area contributed by atoms with Gasteiger partial charge >= 0.3 is 0 Å². The van der Waals surface area contributed by atoms with Crippen LogP contribution >= 0.6 is 23.2 Å². The average Bonchev–Trinajstić information content (AvgIpc) is 3.33. The maximum absolute atomic E-state index is 13.9. The van der Waals surface area contributed by atoms with Gasteiger partial charge in [0.2, 0.25) is 0 Å². The van der Waals surface area contributed by atoms with Gasteiger partial charge in [0.05, 0.1) is 79.9 Å². The molecule has 1 unspecified atom stereocenters. The van der Waals surface area contributed by atoms with E-state index in [-0.39, 0.29) is 50.8 Å². The monoisotopic (exact) mass is 582 g/mol. The number of pyridine rings is 1. The van der Waals surface area contributed by atoms with Crippen molar-refractivity contribution >= 4 is 45.7 Å². The summed E-state index contributed by atoms with van der Waals surface area (Å²) >= 11 is 13.2. The molecule has 39 heavy (non-hydrogen) atoms. The van der Waals surface area contributed by atoms with Gasteiger partial charge in [0.25, 0.3) is 5.92 Å². The van der Waals surface area contributed by atoms with Gasteiger partial charge in [0.15, 0.2) is 5.82 Å². The molecule has 10 nitrogen and oxygen atoms in total. The molecule has 14 heteroatoms. The molecule has 0 radical (unpaired) electrons. The Balaban J connectivity index is 1.58. The molecule has 2 aromatic heterocycles. The summed E-state index contributed by atoms with van der Waals surface area (Å²) in [5.74, 6) is -1.42. The smallest absolute Gasteiger partial charge is 0.282 e. The Morgan fingerprint density at radius 3 is 2.44 bits per heavy atom. The zero-order chi connectivity index (χ0) is 27.9. The summed E-state index contributed by atoms with van der Waals surface area (Å²) in [4.78, 5) is 15.2. The van der Waals surface area contributed by atoms with Crippen LogP contribution in [0.15, 0.2) is 31.0 Å². The van der Waals surface area contributed by atoms with Gasteiger partial charge in [0, 0.05) is 11.5 Å². The Morgan fingerprint density at radius 2 is 1.82 bits per heavy atom. The number of ether oxygens (including phenoxy) is 3. The van der Waals surface area contributed by atoms with E-state index in [4.69, 9.17) is 37.4 Å². The summed E-state index contributed by atoms with van der Waals surface area (Å²) in [7, 11) is 2.89. The van der Waals surface area contributed by atoms with E-state index in [2.05, 4.69) is 32.2 Å². The molecule has 2 aliphatic heterocycles. The van der Waals surface area contributed by atoms with E-state index >= 15 is 0 Å². The van der Waals surface area contributed by atoms with Crippen LogP contribution in [-0.2, 0) is 4.74 Å². The first-order chi connectivity index (χ1) is 18.6. The van der Waals surface area contributed by atoms with Crippen molar-refractivity contribution in [2.24, 2.45) is 0 Å². The predicted molar refractivity (Wildman–Crippen MR) is 144 cm³/mol. The van der Waals surface area contributed by atoms with E-state index in [9.17, 15) is 13.9 Å². The summed E-state index contributed by atoms with van der Waals surface area (Å²) in [5, 5.41) is 17.0. The third kappa shape index (κ3) is 5.39. The van der Waals surface area contributed by atoms with Crippen LogP contribution in [0.25, 0.3) is 22.3 Å². The van der Waals surface area contributed by atoms with Gasteiger partial charge in [-0.2, -0.15) is 0 Å². The highest BCUT2D eigenvalue weighted by atomic mass is 35.5. The first-order valence-electron chi connectivity index (χ1n) is 12.0. The Hall–Kier alpha value is -3.03. The molecule has 2 aliphatic rings. The number of hydrogen-bond donors (Lipinski definition) is 3. The first kappa shape index (κ1) is 27.5. The molecular weight excluding hydrogens is 557 g/mol. The number of aliphatic hydroxyl groups is 1. The maximum Gasteiger partial charge on any atom is 0.282 e. The van der Waals surface area contributed by atoms with Crippen LogP contribution in [0, 0.1) is 0 Å². The molecule has 2 saturated heterocycles. The number of nitrogens with zero attached hydrogens (tertiary/aromatic N) is 4. The number of aromatic nitrogens is 3. The van der Waals surface area contributed by atoms with E-state index < -0.39 is 25.2 Å². The Labute approximate surface area is 232 Å². The molecule has 0 amide bonds. The molecule has 1 aromatic carbocycles. The molecule has 3 atom stereocenters. The number of anilines is 2. The van der Waals surface area contributed by atoms with Gasteiger partial charge in [-0.25, -0.2) is 23.7 Å². The number of alkyl halides is 2. The molecule has 3 aromatic rings. The Kier molecular flexibility index (Phi) is 7.66.